The van der Waals surface area contributed by atoms with Crippen molar-refractivity contribution in [2.45, 2.75) is 25.5 Å². The Balaban J connectivity index is 2.71. The quantitative estimate of drug-likeness (QED) is 0.712. The molecule has 12 heavy (non-hydrogen) atoms. The molecular formula is C10H15NO. The molecule has 0 aliphatic rings. The normalized spacial score (nSPS) is 15.6. The first kappa shape index (κ1) is 9.23. The Hall–Kier alpha value is -0.860. The van der Waals surface area contributed by atoms with Crippen LogP contribution in [0.2, 0.25) is 0 Å². The SMILES string of the molecule is CC[C@H](N)[C@@H](O)c1ccccc1. The number of nitrogens with two attached hydrogens (primary N) is 1. The van der Waals surface area contributed by atoms with Crippen LogP contribution < -0.4 is 5.73 Å². The lowest BCUT2D eigenvalue weighted by Gasteiger charge is -2.16. The lowest BCUT2D eigenvalue weighted by molar-refractivity contribution is 0.144. The van der Waals surface area contributed by atoms with E-state index in [2.05, 4.69) is 0 Å². The Morgan fingerprint density at radius 1 is 1.33 bits per heavy atom. The largest absolute Gasteiger partial charge is 0.387 e. The first-order valence-electron chi connectivity index (χ1n) is 4.24. The van der Waals surface area contributed by atoms with Gasteiger partial charge in [-0.15, -0.1) is 0 Å². The molecule has 0 amide bonds. The van der Waals surface area contributed by atoms with Gasteiger partial charge >= 0.3 is 0 Å². The van der Waals surface area contributed by atoms with Gasteiger partial charge in [-0.05, 0) is 12.0 Å². The third kappa shape index (κ3) is 2.06. The van der Waals surface area contributed by atoms with Gasteiger partial charge in [0.25, 0.3) is 0 Å². The van der Waals surface area contributed by atoms with Gasteiger partial charge in [-0.3, -0.25) is 0 Å². The minimum absolute atomic E-state index is 0.160. The van der Waals surface area contributed by atoms with E-state index >= 15 is 0 Å². The molecule has 0 unspecified atom stereocenters. The first-order valence-corrected chi connectivity index (χ1v) is 4.24. The van der Waals surface area contributed by atoms with Gasteiger partial charge in [0, 0.05) is 6.04 Å². The number of benzene rings is 1. The number of hydrogen-bond acceptors (Lipinski definition) is 2. The maximum absolute atomic E-state index is 9.66. The summed E-state index contributed by atoms with van der Waals surface area (Å²) >= 11 is 0. The van der Waals surface area contributed by atoms with Gasteiger partial charge in [0.05, 0.1) is 6.10 Å². The van der Waals surface area contributed by atoms with E-state index in [1.54, 1.807) is 0 Å². The monoisotopic (exact) mass is 165 g/mol. The summed E-state index contributed by atoms with van der Waals surface area (Å²) in [6.45, 7) is 1.97. The van der Waals surface area contributed by atoms with E-state index in [0.717, 1.165) is 12.0 Å². The zero-order chi connectivity index (χ0) is 8.97. The fourth-order valence-corrected chi connectivity index (χ4v) is 1.12. The van der Waals surface area contributed by atoms with Crippen LogP contribution in [0.3, 0.4) is 0 Å². The van der Waals surface area contributed by atoms with Crippen LogP contribution in [0.4, 0.5) is 0 Å². The second kappa shape index (κ2) is 4.24. The molecule has 0 bridgehead atoms. The summed E-state index contributed by atoms with van der Waals surface area (Å²) in [5.74, 6) is 0. The lowest BCUT2D eigenvalue weighted by Crippen LogP contribution is -2.27. The average molecular weight is 165 g/mol. The smallest absolute Gasteiger partial charge is 0.0940 e. The predicted molar refractivity (Wildman–Crippen MR) is 49.7 cm³/mol. The lowest BCUT2D eigenvalue weighted by atomic mass is 10.0. The third-order valence-electron chi connectivity index (χ3n) is 2.02. The minimum Gasteiger partial charge on any atom is -0.387 e. The number of aliphatic hydroxyl groups excluding tert-OH is 1. The number of hydrogen-bond donors (Lipinski definition) is 2. The molecule has 1 aromatic carbocycles. The summed E-state index contributed by atoms with van der Waals surface area (Å²) in [5, 5.41) is 9.66. The molecular weight excluding hydrogens is 150 g/mol. The minimum atomic E-state index is -0.531. The highest BCUT2D eigenvalue weighted by atomic mass is 16.3. The van der Waals surface area contributed by atoms with Crippen molar-refractivity contribution >= 4 is 0 Å². The molecule has 0 saturated carbocycles. The van der Waals surface area contributed by atoms with Gasteiger partial charge in [0.2, 0.25) is 0 Å². The second-order valence-corrected chi connectivity index (χ2v) is 2.93. The summed E-state index contributed by atoms with van der Waals surface area (Å²) in [5.41, 5.74) is 6.59. The van der Waals surface area contributed by atoms with E-state index in [0.29, 0.717) is 0 Å². The zero-order valence-electron chi connectivity index (χ0n) is 7.27. The van der Waals surface area contributed by atoms with Crippen molar-refractivity contribution < 1.29 is 5.11 Å². The number of rotatable bonds is 3. The van der Waals surface area contributed by atoms with Crippen LogP contribution in [-0.2, 0) is 0 Å². The molecule has 0 heterocycles. The number of aliphatic hydroxyl groups is 1. The summed E-state index contributed by atoms with van der Waals surface area (Å²) < 4.78 is 0. The van der Waals surface area contributed by atoms with Gasteiger partial charge in [0.15, 0.2) is 0 Å². The molecule has 0 radical (unpaired) electrons. The molecule has 2 heteroatoms. The summed E-state index contributed by atoms with van der Waals surface area (Å²) in [6.07, 6.45) is 0.256. The summed E-state index contributed by atoms with van der Waals surface area (Å²) in [4.78, 5) is 0. The van der Waals surface area contributed by atoms with Crippen LogP contribution in [0.1, 0.15) is 25.0 Å². The first-order chi connectivity index (χ1) is 5.75. The Morgan fingerprint density at radius 2 is 1.92 bits per heavy atom. The third-order valence-corrected chi connectivity index (χ3v) is 2.02. The Kier molecular flexibility index (Phi) is 3.26. The molecule has 1 aromatic rings. The second-order valence-electron chi connectivity index (χ2n) is 2.93. The maximum atomic E-state index is 9.66. The van der Waals surface area contributed by atoms with E-state index in [9.17, 15) is 5.11 Å². The molecule has 0 saturated heterocycles. The van der Waals surface area contributed by atoms with E-state index in [1.165, 1.54) is 0 Å². The van der Waals surface area contributed by atoms with Gasteiger partial charge in [0.1, 0.15) is 0 Å². The average Bonchev–Trinajstić information content (AvgIpc) is 2.17. The van der Waals surface area contributed by atoms with E-state index < -0.39 is 6.10 Å². The van der Waals surface area contributed by atoms with Crippen molar-refractivity contribution in [3.8, 4) is 0 Å². The van der Waals surface area contributed by atoms with Gasteiger partial charge in [-0.25, -0.2) is 0 Å². The highest BCUT2D eigenvalue weighted by Crippen LogP contribution is 2.16. The van der Waals surface area contributed by atoms with Crippen LogP contribution in [0.5, 0.6) is 0 Å². The van der Waals surface area contributed by atoms with Crippen LogP contribution in [0.25, 0.3) is 0 Å². The molecule has 2 atom stereocenters. The zero-order valence-corrected chi connectivity index (χ0v) is 7.27. The van der Waals surface area contributed by atoms with Crippen molar-refractivity contribution in [1.29, 1.82) is 0 Å². The highest BCUT2D eigenvalue weighted by Gasteiger charge is 2.13. The topological polar surface area (TPSA) is 46.2 Å². The van der Waals surface area contributed by atoms with E-state index in [4.69, 9.17) is 5.73 Å². The van der Waals surface area contributed by atoms with E-state index in [1.807, 2.05) is 37.3 Å². The van der Waals surface area contributed by atoms with Crippen molar-refractivity contribution in [2.75, 3.05) is 0 Å². The predicted octanol–water partition coefficient (Wildman–Crippen LogP) is 1.46. The van der Waals surface area contributed by atoms with Gasteiger partial charge < -0.3 is 10.8 Å². The molecule has 0 spiro atoms. The fourth-order valence-electron chi connectivity index (χ4n) is 1.12. The Bertz CT molecular complexity index is 223. The van der Waals surface area contributed by atoms with Crippen molar-refractivity contribution in [1.82, 2.24) is 0 Å². The Labute approximate surface area is 73.0 Å². The van der Waals surface area contributed by atoms with Crippen molar-refractivity contribution in [3.05, 3.63) is 35.9 Å². The van der Waals surface area contributed by atoms with Crippen LogP contribution >= 0.6 is 0 Å². The van der Waals surface area contributed by atoms with Gasteiger partial charge in [-0.2, -0.15) is 0 Å². The molecule has 3 N–H and O–H groups in total. The fraction of sp³-hybridized carbons (Fsp3) is 0.400. The van der Waals surface area contributed by atoms with E-state index in [-0.39, 0.29) is 6.04 Å². The standard InChI is InChI=1S/C10H15NO/c1-2-9(11)10(12)8-6-4-3-5-7-8/h3-7,9-10,12H,2,11H2,1H3/t9-,10-/m0/s1. The van der Waals surface area contributed by atoms with Crippen LogP contribution in [0.15, 0.2) is 30.3 Å². The maximum Gasteiger partial charge on any atom is 0.0940 e. The van der Waals surface area contributed by atoms with Crippen LogP contribution in [0, 0.1) is 0 Å². The van der Waals surface area contributed by atoms with Crippen LogP contribution in [-0.4, -0.2) is 11.1 Å². The summed E-state index contributed by atoms with van der Waals surface area (Å²) in [7, 11) is 0. The van der Waals surface area contributed by atoms with Crippen molar-refractivity contribution in [3.63, 3.8) is 0 Å². The molecule has 1 rings (SSSR count). The molecule has 0 aliphatic heterocycles. The molecule has 0 aliphatic carbocycles. The molecule has 66 valence electrons. The highest BCUT2D eigenvalue weighted by molar-refractivity contribution is 5.18. The van der Waals surface area contributed by atoms with Gasteiger partial charge in [-0.1, -0.05) is 37.3 Å². The van der Waals surface area contributed by atoms with Crippen molar-refractivity contribution in [2.24, 2.45) is 5.73 Å². The molecule has 0 fully saturated rings. The molecule has 2 nitrogen and oxygen atoms in total. The molecule has 0 aromatic heterocycles. The Morgan fingerprint density at radius 3 is 2.42 bits per heavy atom. The summed E-state index contributed by atoms with van der Waals surface area (Å²) in [6, 6.07) is 9.35.